The maximum atomic E-state index is 6.02. The zero-order valence-electron chi connectivity index (χ0n) is 10.8. The van der Waals surface area contributed by atoms with Crippen LogP contribution in [0.15, 0.2) is 34.0 Å². The Morgan fingerprint density at radius 3 is 2.44 bits per heavy atom. The largest absolute Gasteiger partial charge is 0.468 e. The molecule has 96 valence electrons. The molecule has 0 fully saturated rings. The topological polar surface area (TPSA) is 64.9 Å². The molecule has 4 nitrogen and oxygen atoms in total. The first kappa shape index (κ1) is 13.1. The summed E-state index contributed by atoms with van der Waals surface area (Å²) in [5.74, 6) is 0.859. The Morgan fingerprint density at radius 1 is 1.28 bits per heavy atom. The maximum absolute atomic E-state index is 6.02. The van der Waals surface area contributed by atoms with Gasteiger partial charge in [0.25, 0.3) is 0 Å². The predicted octanol–water partition coefficient (Wildman–Crippen LogP) is 2.87. The summed E-state index contributed by atoms with van der Waals surface area (Å²) in [6, 6.07) is 5.72. The number of aromatic nitrogens is 2. The first-order valence-corrected chi connectivity index (χ1v) is 6.72. The van der Waals surface area contributed by atoms with Gasteiger partial charge in [-0.05, 0) is 39.0 Å². The fourth-order valence-corrected chi connectivity index (χ4v) is 2.82. The summed E-state index contributed by atoms with van der Waals surface area (Å²) < 4.78 is 5.43. The first-order valence-electron chi connectivity index (χ1n) is 5.84. The number of furan rings is 1. The van der Waals surface area contributed by atoms with Crippen LogP contribution in [0.3, 0.4) is 0 Å². The standard InChI is InChI=1S/C13H17N3OS/c1-8-7-9(2)16-13(15-8)18-12(10(3)14)11-5-4-6-17-11/h4-7,10,12H,14H2,1-3H3. The van der Waals surface area contributed by atoms with E-state index in [0.717, 1.165) is 22.3 Å². The molecule has 2 heterocycles. The molecule has 18 heavy (non-hydrogen) atoms. The van der Waals surface area contributed by atoms with E-state index in [0.29, 0.717) is 0 Å². The van der Waals surface area contributed by atoms with Crippen molar-refractivity contribution in [2.24, 2.45) is 5.73 Å². The zero-order valence-corrected chi connectivity index (χ0v) is 11.6. The smallest absolute Gasteiger partial charge is 0.188 e. The van der Waals surface area contributed by atoms with Gasteiger partial charge in [-0.15, -0.1) is 0 Å². The molecule has 0 bridgehead atoms. The highest BCUT2D eigenvalue weighted by Crippen LogP contribution is 2.35. The van der Waals surface area contributed by atoms with Crippen molar-refractivity contribution < 1.29 is 4.42 Å². The summed E-state index contributed by atoms with van der Waals surface area (Å²) in [6.45, 7) is 5.89. The monoisotopic (exact) mass is 263 g/mol. The number of rotatable bonds is 4. The molecule has 2 aromatic rings. The first-order chi connectivity index (χ1) is 8.56. The van der Waals surface area contributed by atoms with E-state index in [1.807, 2.05) is 39.0 Å². The van der Waals surface area contributed by atoms with Crippen LogP contribution in [0.2, 0.25) is 0 Å². The average Bonchev–Trinajstić information content (AvgIpc) is 2.77. The Morgan fingerprint density at radius 2 is 1.94 bits per heavy atom. The van der Waals surface area contributed by atoms with Crippen LogP contribution >= 0.6 is 11.8 Å². The van der Waals surface area contributed by atoms with Gasteiger partial charge in [0.2, 0.25) is 0 Å². The van der Waals surface area contributed by atoms with Gasteiger partial charge in [-0.3, -0.25) is 0 Å². The van der Waals surface area contributed by atoms with Crippen molar-refractivity contribution in [1.29, 1.82) is 0 Å². The van der Waals surface area contributed by atoms with Gasteiger partial charge in [-0.2, -0.15) is 0 Å². The van der Waals surface area contributed by atoms with Crippen molar-refractivity contribution in [3.8, 4) is 0 Å². The fourth-order valence-electron chi connectivity index (χ4n) is 1.74. The molecule has 2 unspecified atom stereocenters. The number of aryl methyl sites for hydroxylation is 2. The lowest BCUT2D eigenvalue weighted by Crippen LogP contribution is -2.22. The van der Waals surface area contributed by atoms with E-state index in [9.17, 15) is 0 Å². The third-order valence-electron chi connectivity index (χ3n) is 2.50. The van der Waals surface area contributed by atoms with E-state index in [2.05, 4.69) is 9.97 Å². The molecule has 0 aliphatic carbocycles. The molecule has 0 aromatic carbocycles. The van der Waals surface area contributed by atoms with E-state index in [-0.39, 0.29) is 11.3 Å². The van der Waals surface area contributed by atoms with Crippen LogP contribution in [-0.4, -0.2) is 16.0 Å². The second-order valence-electron chi connectivity index (χ2n) is 4.35. The number of nitrogens with zero attached hydrogens (tertiary/aromatic N) is 2. The molecule has 2 N–H and O–H groups in total. The normalized spacial score (nSPS) is 14.4. The number of hydrogen-bond acceptors (Lipinski definition) is 5. The Labute approximate surface area is 111 Å². The lowest BCUT2D eigenvalue weighted by atomic mass is 10.2. The molecule has 2 rings (SSSR count). The van der Waals surface area contributed by atoms with Gasteiger partial charge in [0.1, 0.15) is 5.76 Å². The summed E-state index contributed by atoms with van der Waals surface area (Å²) >= 11 is 1.54. The molecule has 2 atom stereocenters. The third-order valence-corrected chi connectivity index (χ3v) is 3.80. The quantitative estimate of drug-likeness (QED) is 0.678. The van der Waals surface area contributed by atoms with Crippen LogP contribution in [0.1, 0.15) is 29.3 Å². The lowest BCUT2D eigenvalue weighted by Gasteiger charge is -2.17. The van der Waals surface area contributed by atoms with Crippen LogP contribution in [0.5, 0.6) is 0 Å². The number of nitrogens with two attached hydrogens (primary N) is 1. The molecule has 0 amide bonds. The third kappa shape index (κ3) is 3.11. The van der Waals surface area contributed by atoms with Gasteiger partial charge in [0.05, 0.1) is 11.5 Å². The highest BCUT2D eigenvalue weighted by Gasteiger charge is 2.21. The summed E-state index contributed by atoms with van der Waals surface area (Å²) in [5, 5.41) is 0.771. The fraction of sp³-hybridized carbons (Fsp3) is 0.385. The zero-order chi connectivity index (χ0) is 13.1. The van der Waals surface area contributed by atoms with Crippen LogP contribution in [-0.2, 0) is 0 Å². The Balaban J connectivity index is 2.24. The molecular formula is C13H17N3OS. The van der Waals surface area contributed by atoms with Gasteiger partial charge in [0.15, 0.2) is 5.16 Å². The summed E-state index contributed by atoms with van der Waals surface area (Å²) in [6.07, 6.45) is 1.66. The lowest BCUT2D eigenvalue weighted by molar-refractivity contribution is 0.486. The van der Waals surface area contributed by atoms with Gasteiger partial charge in [-0.1, -0.05) is 11.8 Å². The minimum Gasteiger partial charge on any atom is -0.468 e. The van der Waals surface area contributed by atoms with Gasteiger partial charge in [-0.25, -0.2) is 9.97 Å². The van der Waals surface area contributed by atoms with Crippen molar-refractivity contribution in [3.05, 3.63) is 41.6 Å². The Kier molecular flexibility index (Phi) is 4.04. The summed E-state index contributed by atoms with van der Waals surface area (Å²) in [7, 11) is 0. The minimum atomic E-state index is -0.0365. The van der Waals surface area contributed by atoms with Crippen molar-refractivity contribution in [3.63, 3.8) is 0 Å². The van der Waals surface area contributed by atoms with E-state index in [4.69, 9.17) is 10.2 Å². The van der Waals surface area contributed by atoms with Gasteiger partial charge >= 0.3 is 0 Å². The molecule has 0 aliphatic rings. The Bertz CT molecular complexity index is 491. The number of hydrogen-bond donors (Lipinski definition) is 1. The highest BCUT2D eigenvalue weighted by atomic mass is 32.2. The number of thioether (sulfide) groups is 1. The molecule has 0 saturated carbocycles. The molecule has 0 radical (unpaired) electrons. The molecule has 2 aromatic heterocycles. The molecule has 0 saturated heterocycles. The van der Waals surface area contributed by atoms with Gasteiger partial charge < -0.3 is 10.2 Å². The maximum Gasteiger partial charge on any atom is 0.188 e. The molecular weight excluding hydrogens is 246 g/mol. The van der Waals surface area contributed by atoms with Crippen LogP contribution < -0.4 is 5.73 Å². The SMILES string of the molecule is Cc1cc(C)nc(SC(c2ccco2)C(C)N)n1. The summed E-state index contributed by atoms with van der Waals surface area (Å²) in [5.41, 5.74) is 7.95. The van der Waals surface area contributed by atoms with Crippen molar-refractivity contribution in [2.45, 2.75) is 37.2 Å². The van der Waals surface area contributed by atoms with Crippen molar-refractivity contribution >= 4 is 11.8 Å². The second-order valence-corrected chi connectivity index (χ2v) is 5.45. The highest BCUT2D eigenvalue weighted by molar-refractivity contribution is 7.99. The van der Waals surface area contributed by atoms with Crippen molar-refractivity contribution in [2.75, 3.05) is 0 Å². The summed E-state index contributed by atoms with van der Waals surface area (Å²) in [4.78, 5) is 8.84. The van der Waals surface area contributed by atoms with E-state index in [1.54, 1.807) is 18.0 Å². The average molecular weight is 263 g/mol. The van der Waals surface area contributed by atoms with Crippen molar-refractivity contribution in [1.82, 2.24) is 9.97 Å². The second kappa shape index (κ2) is 5.54. The predicted molar refractivity (Wildman–Crippen MR) is 72.5 cm³/mol. The Hall–Kier alpha value is -1.33. The van der Waals surface area contributed by atoms with Crippen LogP contribution in [0.4, 0.5) is 0 Å². The molecule has 5 heteroatoms. The van der Waals surface area contributed by atoms with Crippen LogP contribution in [0.25, 0.3) is 0 Å². The van der Waals surface area contributed by atoms with Gasteiger partial charge in [0, 0.05) is 17.4 Å². The van der Waals surface area contributed by atoms with Crippen LogP contribution in [0, 0.1) is 13.8 Å². The molecule has 0 aliphatic heterocycles. The molecule has 0 spiro atoms. The van der Waals surface area contributed by atoms with E-state index >= 15 is 0 Å². The van der Waals surface area contributed by atoms with E-state index in [1.165, 1.54) is 0 Å². The minimum absolute atomic E-state index is 0.0289. The van der Waals surface area contributed by atoms with E-state index < -0.39 is 0 Å².